The number of ketones is 1. The van der Waals surface area contributed by atoms with Gasteiger partial charge in [-0.15, -0.1) is 0 Å². The number of amides is 1. The van der Waals surface area contributed by atoms with Gasteiger partial charge in [-0.3, -0.25) is 19.8 Å². The maximum absolute atomic E-state index is 13.6. The second-order valence-electron chi connectivity index (χ2n) is 9.81. The lowest BCUT2D eigenvalue weighted by Gasteiger charge is -2.43. The number of halogens is 1. The fourth-order valence-corrected chi connectivity index (χ4v) is 4.95. The molecule has 178 valence electrons. The first kappa shape index (κ1) is 22.7. The van der Waals surface area contributed by atoms with Gasteiger partial charge in [-0.05, 0) is 29.5 Å². The van der Waals surface area contributed by atoms with Crippen LogP contribution in [0.2, 0.25) is 0 Å². The molecule has 3 aromatic rings. The Kier molecular flexibility index (Phi) is 5.59. The zero-order valence-electron chi connectivity index (χ0n) is 19.5. The predicted molar refractivity (Wildman–Crippen MR) is 130 cm³/mol. The lowest BCUT2D eigenvalue weighted by atomic mass is 9.69. The van der Waals surface area contributed by atoms with Gasteiger partial charge in [-0.1, -0.05) is 56.3 Å². The van der Waals surface area contributed by atoms with Crippen LogP contribution in [-0.2, 0) is 9.59 Å². The van der Waals surface area contributed by atoms with Gasteiger partial charge in [0.15, 0.2) is 5.78 Å². The van der Waals surface area contributed by atoms with Crippen LogP contribution in [0.15, 0.2) is 76.7 Å². The number of benzene rings is 2. The van der Waals surface area contributed by atoms with Gasteiger partial charge in [0.25, 0.3) is 5.56 Å². The quantitative estimate of drug-likeness (QED) is 0.580. The highest BCUT2D eigenvalue weighted by Crippen LogP contribution is 2.47. The number of hydrogen-bond acceptors (Lipinski definition) is 5. The number of nitrogens with one attached hydrogen (secondary N) is 2. The average Bonchev–Trinajstić information content (AvgIpc) is 2.81. The highest BCUT2D eigenvalue weighted by Gasteiger charge is 2.44. The number of anilines is 1. The third-order valence-electron chi connectivity index (χ3n) is 6.50. The lowest BCUT2D eigenvalue weighted by Crippen LogP contribution is -2.46. The summed E-state index contributed by atoms with van der Waals surface area (Å²) in [4.78, 5) is 39.0. The van der Waals surface area contributed by atoms with Crippen LogP contribution in [0.4, 0.5) is 10.1 Å². The van der Waals surface area contributed by atoms with Crippen molar-refractivity contribution in [3.63, 3.8) is 0 Å². The van der Waals surface area contributed by atoms with Crippen LogP contribution in [0.1, 0.15) is 44.6 Å². The monoisotopic (exact) mass is 472 g/mol. The molecule has 2 N–H and O–H groups in total. The number of rotatable bonds is 4. The van der Waals surface area contributed by atoms with Crippen LogP contribution in [0.5, 0.6) is 0 Å². The van der Waals surface area contributed by atoms with Crippen molar-refractivity contribution in [3.8, 4) is 11.3 Å². The van der Waals surface area contributed by atoms with Gasteiger partial charge < -0.3 is 0 Å². The largest absolute Gasteiger partial charge is 0.294 e. The molecule has 8 heteroatoms. The molecule has 1 atom stereocenters. The van der Waals surface area contributed by atoms with E-state index in [1.54, 1.807) is 12.1 Å². The third-order valence-corrected chi connectivity index (χ3v) is 6.50. The molecule has 0 bridgehead atoms. The van der Waals surface area contributed by atoms with Gasteiger partial charge in [0.2, 0.25) is 5.91 Å². The van der Waals surface area contributed by atoms with E-state index in [2.05, 4.69) is 15.6 Å². The Morgan fingerprint density at radius 3 is 2.46 bits per heavy atom. The Labute approximate surface area is 201 Å². The van der Waals surface area contributed by atoms with Crippen molar-refractivity contribution in [2.24, 2.45) is 5.41 Å². The van der Waals surface area contributed by atoms with Crippen LogP contribution in [0.3, 0.4) is 0 Å². The highest BCUT2D eigenvalue weighted by atomic mass is 19.1. The molecule has 1 aliphatic carbocycles. The number of hydrazine groups is 1. The summed E-state index contributed by atoms with van der Waals surface area (Å²) in [6.07, 6.45) is 0.885. The molecule has 7 nitrogen and oxygen atoms in total. The first-order valence-corrected chi connectivity index (χ1v) is 11.5. The van der Waals surface area contributed by atoms with Crippen LogP contribution < -0.4 is 11.0 Å². The Balaban J connectivity index is 1.62. The molecule has 0 saturated carbocycles. The van der Waals surface area contributed by atoms with Gasteiger partial charge >= 0.3 is 0 Å². The molecule has 0 fully saturated rings. The van der Waals surface area contributed by atoms with Crippen molar-refractivity contribution in [2.75, 3.05) is 5.43 Å². The molecule has 2 aromatic carbocycles. The molecular weight excluding hydrogens is 447 g/mol. The van der Waals surface area contributed by atoms with E-state index in [9.17, 15) is 18.8 Å². The summed E-state index contributed by atoms with van der Waals surface area (Å²) in [7, 11) is 0. The fraction of sp³-hybridized carbons (Fsp3) is 0.259. The number of aromatic nitrogens is 2. The van der Waals surface area contributed by atoms with Crippen LogP contribution in [0.25, 0.3) is 11.3 Å². The molecule has 1 aliphatic heterocycles. The van der Waals surface area contributed by atoms with E-state index in [0.717, 1.165) is 11.1 Å². The van der Waals surface area contributed by atoms with Crippen LogP contribution >= 0.6 is 0 Å². The summed E-state index contributed by atoms with van der Waals surface area (Å²) in [5.74, 6) is -1.11. The number of Topliss-reactive ketones (excluding diaryl/α,β-unsaturated/α-hetero) is 1. The number of nitrogens with zero attached hydrogens (tertiary/aromatic N) is 2. The summed E-state index contributed by atoms with van der Waals surface area (Å²) < 4.78 is 13.6. The first-order valence-electron chi connectivity index (χ1n) is 11.5. The first-order chi connectivity index (χ1) is 16.7. The van der Waals surface area contributed by atoms with Crippen LogP contribution in [0, 0.1) is 11.2 Å². The number of H-pyrrole nitrogens is 1. The molecule has 0 radical (unpaired) electrons. The molecule has 0 spiro atoms. The molecule has 5 rings (SSSR count). The van der Waals surface area contributed by atoms with Crippen LogP contribution in [-0.4, -0.2) is 26.9 Å². The second-order valence-corrected chi connectivity index (χ2v) is 9.81. The van der Waals surface area contributed by atoms with E-state index >= 15 is 0 Å². The zero-order valence-corrected chi connectivity index (χ0v) is 19.5. The summed E-state index contributed by atoms with van der Waals surface area (Å²) in [5.41, 5.74) is 5.79. The van der Waals surface area contributed by atoms with Crippen molar-refractivity contribution < 1.29 is 14.0 Å². The predicted octanol–water partition coefficient (Wildman–Crippen LogP) is 4.56. The summed E-state index contributed by atoms with van der Waals surface area (Å²) in [5, 5.41) is 8.05. The van der Waals surface area contributed by atoms with Gasteiger partial charge in [-0.25, -0.2) is 14.5 Å². The second kappa shape index (κ2) is 8.61. The number of carbonyl (C=O) groups is 2. The maximum atomic E-state index is 13.6. The maximum Gasteiger partial charge on any atom is 0.266 e. The minimum atomic E-state index is -0.453. The SMILES string of the molecule is CC1(C)CC(=O)C2=C(C1)N(Nc1cc(=O)[nH]nc1-c1ccccc1)C(=O)CC2c1ccc(F)cc1. The van der Waals surface area contributed by atoms with Gasteiger partial charge in [0.05, 0.1) is 11.4 Å². The number of hydrogen-bond donors (Lipinski definition) is 2. The fourth-order valence-electron chi connectivity index (χ4n) is 4.95. The summed E-state index contributed by atoms with van der Waals surface area (Å²) >= 11 is 0. The Morgan fingerprint density at radius 1 is 1.03 bits per heavy atom. The van der Waals surface area contributed by atoms with Gasteiger partial charge in [0.1, 0.15) is 11.5 Å². The lowest BCUT2D eigenvalue weighted by molar-refractivity contribution is -0.130. The van der Waals surface area contributed by atoms with Crippen molar-refractivity contribution >= 4 is 17.4 Å². The number of allylic oxidation sites excluding steroid dienone is 2. The van der Waals surface area contributed by atoms with E-state index in [1.165, 1.54) is 23.2 Å². The summed E-state index contributed by atoms with van der Waals surface area (Å²) in [6.45, 7) is 3.98. The topological polar surface area (TPSA) is 95.2 Å². The zero-order chi connectivity index (χ0) is 24.7. The minimum Gasteiger partial charge on any atom is -0.294 e. The van der Waals surface area contributed by atoms with E-state index in [1.807, 2.05) is 44.2 Å². The van der Waals surface area contributed by atoms with Crippen molar-refractivity contribution in [2.45, 2.75) is 39.0 Å². The van der Waals surface area contributed by atoms with E-state index in [-0.39, 0.29) is 29.3 Å². The van der Waals surface area contributed by atoms with Gasteiger partial charge in [0, 0.05) is 36.0 Å². The Bertz CT molecular complexity index is 1390. The molecule has 1 aromatic heterocycles. The van der Waals surface area contributed by atoms with Gasteiger partial charge in [-0.2, -0.15) is 5.10 Å². The third kappa shape index (κ3) is 4.39. The van der Waals surface area contributed by atoms with E-state index in [0.29, 0.717) is 35.5 Å². The molecule has 35 heavy (non-hydrogen) atoms. The molecule has 2 heterocycles. The molecule has 2 aliphatic rings. The normalized spacial score (nSPS) is 19.5. The van der Waals surface area contributed by atoms with Crippen molar-refractivity contribution in [3.05, 3.63) is 93.7 Å². The highest BCUT2D eigenvalue weighted by molar-refractivity contribution is 6.02. The number of carbonyl (C=O) groups excluding carboxylic acids is 2. The van der Waals surface area contributed by atoms with Crippen molar-refractivity contribution in [1.29, 1.82) is 0 Å². The molecule has 1 unspecified atom stereocenters. The van der Waals surface area contributed by atoms with E-state index in [4.69, 9.17) is 0 Å². The van der Waals surface area contributed by atoms with E-state index < -0.39 is 11.5 Å². The minimum absolute atomic E-state index is 0.0304. The summed E-state index contributed by atoms with van der Waals surface area (Å²) in [6, 6.07) is 16.6. The Morgan fingerprint density at radius 2 is 1.74 bits per heavy atom. The smallest absolute Gasteiger partial charge is 0.266 e. The molecule has 0 saturated heterocycles. The Hall–Kier alpha value is -4.07. The molecule has 1 amide bonds. The standard InChI is InChI=1S/C27H25FN4O3/c1-27(2)14-21-25(22(33)15-27)19(16-8-10-18(28)11-9-16)12-24(35)32(21)31-20-13-23(34)29-30-26(20)17-6-4-3-5-7-17/h3-11,13,19H,12,14-15H2,1-2H3,(H2,29,31,34). The molecular formula is C27H25FN4O3. The average molecular weight is 473 g/mol. The van der Waals surface area contributed by atoms with Crippen molar-refractivity contribution in [1.82, 2.24) is 15.2 Å². The number of aromatic amines is 1.